The van der Waals surface area contributed by atoms with Gasteiger partial charge in [-0.15, -0.1) is 0 Å². The van der Waals surface area contributed by atoms with Gasteiger partial charge < -0.3 is 4.89 Å². The maximum atomic E-state index is 4.88. The van der Waals surface area contributed by atoms with Gasteiger partial charge in [0.1, 0.15) is 0 Å². The third kappa shape index (κ3) is 18.2. The molecule has 0 saturated heterocycles. The summed E-state index contributed by atoms with van der Waals surface area (Å²) in [6.45, 7) is 2.88. The smallest absolute Gasteiger partial charge is 0.260 e. The van der Waals surface area contributed by atoms with E-state index in [1.54, 1.807) is 0 Å². The molecule has 20 heavy (non-hydrogen) atoms. The van der Waals surface area contributed by atoms with E-state index in [1.807, 2.05) is 0 Å². The monoisotopic (exact) mass is 320 g/mol. The molecule has 0 radical (unpaired) electrons. The van der Waals surface area contributed by atoms with Crippen molar-refractivity contribution in [3.05, 3.63) is 0 Å². The van der Waals surface area contributed by atoms with Gasteiger partial charge in [0.25, 0.3) is 4.38 Å². The molecule has 2 nitrogen and oxygen atoms in total. The predicted octanol–water partition coefficient (Wildman–Crippen LogP) is 6.24. The van der Waals surface area contributed by atoms with Crippen molar-refractivity contribution in [1.29, 1.82) is 0 Å². The first-order valence-corrected chi connectivity index (χ1v) is 9.15. The second-order valence-corrected chi connectivity index (χ2v) is 6.49. The van der Waals surface area contributed by atoms with Gasteiger partial charge in [0.2, 0.25) is 0 Å². The van der Waals surface area contributed by atoms with Crippen molar-refractivity contribution >= 4 is 29.2 Å². The summed E-state index contributed by atoms with van der Waals surface area (Å²) in [7, 11) is 0. The van der Waals surface area contributed by atoms with Crippen molar-refractivity contribution in [2.75, 3.05) is 6.61 Å². The minimum atomic E-state index is 0.152. The number of rotatable bonds is 15. The van der Waals surface area contributed by atoms with Crippen molar-refractivity contribution in [3.8, 4) is 0 Å². The first-order chi connectivity index (χ1) is 9.77. The molecule has 0 amide bonds. The molecule has 0 rings (SSSR count). The largest absolute Gasteiger partial charge is 0.319 e. The Hall–Kier alpha value is 0.200. The zero-order valence-electron chi connectivity index (χ0n) is 13.1. The lowest BCUT2D eigenvalue weighted by Gasteiger charge is -2.03. The molecule has 0 N–H and O–H groups in total. The van der Waals surface area contributed by atoms with E-state index >= 15 is 0 Å². The summed E-state index contributed by atoms with van der Waals surface area (Å²) in [6, 6.07) is 0. The summed E-state index contributed by atoms with van der Waals surface area (Å²) in [5.74, 6) is 0. The van der Waals surface area contributed by atoms with Crippen LogP contribution in [0.3, 0.4) is 0 Å². The maximum Gasteiger partial charge on any atom is 0.260 e. The first kappa shape index (κ1) is 20.2. The molecule has 0 atom stereocenters. The highest BCUT2D eigenvalue weighted by Gasteiger charge is 1.95. The van der Waals surface area contributed by atoms with Crippen LogP contribution in [-0.2, 0) is 9.78 Å². The Kier molecular flexibility index (Phi) is 17.4. The molecule has 0 fully saturated rings. The van der Waals surface area contributed by atoms with Crippen LogP contribution in [0.25, 0.3) is 0 Å². The molecule has 0 aliphatic heterocycles. The molecule has 4 heteroatoms. The fourth-order valence-electron chi connectivity index (χ4n) is 2.27. The lowest BCUT2D eigenvalue weighted by molar-refractivity contribution is -0.216. The van der Waals surface area contributed by atoms with E-state index in [2.05, 4.69) is 36.7 Å². The van der Waals surface area contributed by atoms with Crippen LogP contribution in [0.4, 0.5) is 0 Å². The SMILES string of the molecule is CCCCCCCCCCCCCCCOOC(=S)S. The van der Waals surface area contributed by atoms with Gasteiger partial charge in [0.15, 0.2) is 0 Å². The van der Waals surface area contributed by atoms with Crippen LogP contribution < -0.4 is 0 Å². The summed E-state index contributed by atoms with van der Waals surface area (Å²) in [6.07, 6.45) is 17.6. The van der Waals surface area contributed by atoms with Crippen LogP contribution in [0.1, 0.15) is 90.4 Å². The first-order valence-electron chi connectivity index (χ1n) is 8.29. The third-order valence-electron chi connectivity index (χ3n) is 3.46. The van der Waals surface area contributed by atoms with Gasteiger partial charge in [0, 0.05) is 0 Å². The molecule has 0 aromatic heterocycles. The molecule has 0 bridgehead atoms. The summed E-state index contributed by atoms with van der Waals surface area (Å²) in [4.78, 5) is 9.52. The van der Waals surface area contributed by atoms with Gasteiger partial charge in [-0.2, -0.15) is 4.89 Å². The second kappa shape index (κ2) is 17.3. The van der Waals surface area contributed by atoms with Crippen molar-refractivity contribution in [3.63, 3.8) is 0 Å². The van der Waals surface area contributed by atoms with Crippen LogP contribution >= 0.6 is 24.8 Å². The van der Waals surface area contributed by atoms with Crippen molar-refractivity contribution in [2.45, 2.75) is 90.4 Å². The molecule has 120 valence electrons. The molecule has 0 aliphatic carbocycles. The number of unbranched alkanes of at least 4 members (excludes halogenated alkanes) is 12. The van der Waals surface area contributed by atoms with Crippen molar-refractivity contribution < 1.29 is 9.78 Å². The Balaban J connectivity index is 2.94. The average molecular weight is 321 g/mol. The van der Waals surface area contributed by atoms with Crippen LogP contribution in [0, 0.1) is 0 Å². The Morgan fingerprint density at radius 3 is 1.55 bits per heavy atom. The average Bonchev–Trinajstić information content (AvgIpc) is 2.43. The zero-order valence-corrected chi connectivity index (χ0v) is 14.8. The fraction of sp³-hybridized carbons (Fsp3) is 0.938. The maximum absolute atomic E-state index is 4.88. The molecule has 0 spiro atoms. The number of thiocarbonyl (C=S) groups is 1. The molecule has 0 heterocycles. The molecule has 0 saturated carbocycles. The number of hydrogen-bond donors (Lipinski definition) is 1. The molecule has 0 aliphatic rings. The number of hydrogen-bond acceptors (Lipinski definition) is 3. The summed E-state index contributed by atoms with van der Waals surface area (Å²) >= 11 is 8.42. The van der Waals surface area contributed by atoms with Crippen LogP contribution in [-0.4, -0.2) is 11.0 Å². The molecule has 0 aromatic carbocycles. The topological polar surface area (TPSA) is 18.5 Å². The van der Waals surface area contributed by atoms with Crippen LogP contribution in [0.2, 0.25) is 0 Å². The van der Waals surface area contributed by atoms with E-state index in [0.29, 0.717) is 6.61 Å². The van der Waals surface area contributed by atoms with Gasteiger partial charge >= 0.3 is 0 Å². The van der Waals surface area contributed by atoms with Crippen molar-refractivity contribution in [2.24, 2.45) is 0 Å². The molecule has 0 unspecified atom stereocenters. The van der Waals surface area contributed by atoms with Gasteiger partial charge in [-0.3, -0.25) is 0 Å². The summed E-state index contributed by atoms with van der Waals surface area (Å²) in [5, 5.41) is 0. The highest BCUT2D eigenvalue weighted by atomic mass is 32.1. The van der Waals surface area contributed by atoms with Gasteiger partial charge in [0.05, 0.1) is 6.61 Å². The van der Waals surface area contributed by atoms with E-state index in [0.717, 1.165) is 6.42 Å². The van der Waals surface area contributed by atoms with Gasteiger partial charge in [-0.1, -0.05) is 96.6 Å². The Labute approximate surface area is 136 Å². The standard InChI is InChI=1S/C16H32O2S2/c1-2-3-4-5-6-7-8-9-10-11-12-13-14-15-17-18-16(19)20/h2-15H2,1H3,(H,19,20). The minimum Gasteiger partial charge on any atom is -0.319 e. The van der Waals surface area contributed by atoms with Crippen LogP contribution in [0.15, 0.2) is 0 Å². The summed E-state index contributed by atoms with van der Waals surface area (Å²) < 4.78 is 0.152. The van der Waals surface area contributed by atoms with E-state index in [1.165, 1.54) is 77.0 Å². The zero-order chi connectivity index (χ0) is 14.9. The van der Waals surface area contributed by atoms with E-state index in [-0.39, 0.29) is 4.38 Å². The highest BCUT2D eigenvalue weighted by Crippen LogP contribution is 2.12. The Morgan fingerprint density at radius 2 is 1.15 bits per heavy atom. The van der Waals surface area contributed by atoms with E-state index in [9.17, 15) is 0 Å². The molecular weight excluding hydrogens is 288 g/mol. The van der Waals surface area contributed by atoms with Gasteiger partial charge in [-0.25, -0.2) is 0 Å². The lowest BCUT2D eigenvalue weighted by Crippen LogP contribution is -1.98. The third-order valence-corrected chi connectivity index (χ3v) is 3.60. The van der Waals surface area contributed by atoms with E-state index < -0.39 is 0 Å². The Bertz CT molecular complexity index is 211. The molecular formula is C16H32O2S2. The predicted molar refractivity (Wildman–Crippen MR) is 94.3 cm³/mol. The normalized spacial score (nSPS) is 10.7. The van der Waals surface area contributed by atoms with Crippen LogP contribution in [0.5, 0.6) is 0 Å². The lowest BCUT2D eigenvalue weighted by atomic mass is 10.0. The van der Waals surface area contributed by atoms with E-state index in [4.69, 9.17) is 4.89 Å². The minimum absolute atomic E-state index is 0.152. The van der Waals surface area contributed by atoms with Gasteiger partial charge in [-0.05, 0) is 18.6 Å². The molecule has 0 aromatic rings. The fourth-order valence-corrected chi connectivity index (χ4v) is 2.37. The second-order valence-electron chi connectivity index (χ2n) is 5.41. The summed E-state index contributed by atoms with van der Waals surface area (Å²) in [5.41, 5.74) is 0. The highest BCUT2D eigenvalue weighted by molar-refractivity contribution is 8.10. The quantitative estimate of drug-likeness (QED) is 0.127. The Morgan fingerprint density at radius 1 is 0.750 bits per heavy atom. The van der Waals surface area contributed by atoms with Crippen molar-refractivity contribution in [1.82, 2.24) is 0 Å². The number of thiol groups is 1.